The van der Waals surface area contributed by atoms with Crippen molar-refractivity contribution in [1.29, 1.82) is 0 Å². The quantitative estimate of drug-likeness (QED) is 0.912. The highest BCUT2D eigenvalue weighted by molar-refractivity contribution is 9.10. The fraction of sp³-hybridized carbons (Fsp3) is 0.200. The van der Waals surface area contributed by atoms with Crippen LogP contribution in [0.1, 0.15) is 24.2 Å². The molecule has 1 N–H and O–H groups in total. The lowest BCUT2D eigenvalue weighted by Crippen LogP contribution is -2.01. The molecule has 0 heterocycles. The number of hydrogen-bond donors (Lipinski definition) is 1. The Kier molecular flexibility index (Phi) is 4.56. The molecule has 2 nitrogen and oxygen atoms in total. The number of aliphatic hydroxyl groups excluding tert-OH is 1. The Morgan fingerprint density at radius 1 is 1.26 bits per heavy atom. The zero-order valence-corrected chi connectivity index (χ0v) is 12.0. The normalized spacial score (nSPS) is 12.2. The zero-order valence-electron chi connectivity index (χ0n) is 10.4. The Labute approximate surface area is 120 Å². The molecule has 0 aliphatic carbocycles. The summed E-state index contributed by atoms with van der Waals surface area (Å²) < 4.78 is 19.3. The first kappa shape index (κ1) is 14.0. The molecule has 0 saturated carbocycles. The molecule has 0 fully saturated rings. The summed E-state index contributed by atoms with van der Waals surface area (Å²) in [4.78, 5) is 0. The average molecular weight is 325 g/mol. The molecule has 0 aliphatic heterocycles. The second kappa shape index (κ2) is 6.17. The molecule has 2 rings (SSSR count). The molecule has 0 aromatic heterocycles. The molecule has 0 saturated heterocycles. The van der Waals surface area contributed by atoms with E-state index in [1.54, 1.807) is 19.1 Å². The first-order valence-corrected chi connectivity index (χ1v) is 6.71. The van der Waals surface area contributed by atoms with E-state index in [0.29, 0.717) is 16.8 Å². The molecular weight excluding hydrogens is 311 g/mol. The van der Waals surface area contributed by atoms with E-state index in [2.05, 4.69) is 15.9 Å². The third kappa shape index (κ3) is 3.55. The molecule has 4 heteroatoms. The summed E-state index contributed by atoms with van der Waals surface area (Å²) in [5, 5.41) is 9.65. The standard InChI is InChI=1S/C15H14BrFO2/c1-10(18)13-4-2-3-5-15(13)19-9-11-6-7-12(17)8-14(11)16/h2-8,10,18H,9H2,1H3/t10-/m1/s1. The number of para-hydroxylation sites is 1. The molecule has 0 spiro atoms. The van der Waals surface area contributed by atoms with Gasteiger partial charge in [0, 0.05) is 15.6 Å². The van der Waals surface area contributed by atoms with Crippen molar-refractivity contribution in [2.45, 2.75) is 19.6 Å². The van der Waals surface area contributed by atoms with Gasteiger partial charge in [0.15, 0.2) is 0 Å². The van der Waals surface area contributed by atoms with Crippen molar-refractivity contribution in [3.63, 3.8) is 0 Å². The van der Waals surface area contributed by atoms with E-state index in [4.69, 9.17) is 4.74 Å². The lowest BCUT2D eigenvalue weighted by molar-refractivity contribution is 0.190. The minimum absolute atomic E-state index is 0.292. The SMILES string of the molecule is C[C@@H](O)c1ccccc1OCc1ccc(F)cc1Br. The van der Waals surface area contributed by atoms with E-state index in [0.717, 1.165) is 11.1 Å². The highest BCUT2D eigenvalue weighted by atomic mass is 79.9. The van der Waals surface area contributed by atoms with Crippen molar-refractivity contribution < 1.29 is 14.2 Å². The molecule has 0 bridgehead atoms. The lowest BCUT2D eigenvalue weighted by atomic mass is 10.1. The predicted octanol–water partition coefficient (Wildman–Crippen LogP) is 4.22. The first-order chi connectivity index (χ1) is 9.08. The van der Waals surface area contributed by atoms with Gasteiger partial charge in [-0.15, -0.1) is 0 Å². The maximum atomic E-state index is 13.0. The second-order valence-corrected chi connectivity index (χ2v) is 5.09. The molecule has 2 aromatic rings. The largest absolute Gasteiger partial charge is 0.488 e. The third-order valence-corrected chi connectivity index (χ3v) is 3.51. The van der Waals surface area contributed by atoms with Crippen molar-refractivity contribution >= 4 is 15.9 Å². The van der Waals surface area contributed by atoms with Crippen molar-refractivity contribution in [1.82, 2.24) is 0 Å². The molecule has 0 unspecified atom stereocenters. The third-order valence-electron chi connectivity index (χ3n) is 2.77. The van der Waals surface area contributed by atoms with Crippen LogP contribution in [0.2, 0.25) is 0 Å². The van der Waals surface area contributed by atoms with Gasteiger partial charge in [0.2, 0.25) is 0 Å². The van der Waals surface area contributed by atoms with Crippen LogP contribution in [0.25, 0.3) is 0 Å². The Morgan fingerprint density at radius 2 is 2.00 bits per heavy atom. The van der Waals surface area contributed by atoms with Gasteiger partial charge in [-0.3, -0.25) is 0 Å². The number of hydrogen-bond acceptors (Lipinski definition) is 2. The minimum Gasteiger partial charge on any atom is -0.488 e. The summed E-state index contributed by atoms with van der Waals surface area (Å²) in [6.07, 6.45) is -0.590. The van der Waals surface area contributed by atoms with Gasteiger partial charge in [0.05, 0.1) is 6.10 Å². The molecule has 0 aliphatic rings. The van der Waals surface area contributed by atoms with Crippen LogP contribution in [0.15, 0.2) is 46.9 Å². The summed E-state index contributed by atoms with van der Waals surface area (Å²) in [5.74, 6) is 0.341. The van der Waals surface area contributed by atoms with E-state index in [-0.39, 0.29) is 5.82 Å². The summed E-state index contributed by atoms with van der Waals surface area (Å²) in [7, 11) is 0. The molecule has 2 aromatic carbocycles. The van der Waals surface area contributed by atoms with E-state index in [9.17, 15) is 9.50 Å². The first-order valence-electron chi connectivity index (χ1n) is 5.91. The number of rotatable bonds is 4. The van der Waals surface area contributed by atoms with Crippen LogP contribution in [-0.4, -0.2) is 5.11 Å². The van der Waals surface area contributed by atoms with Gasteiger partial charge in [-0.2, -0.15) is 0 Å². The average Bonchev–Trinajstić information content (AvgIpc) is 2.38. The molecule has 100 valence electrons. The highest BCUT2D eigenvalue weighted by Gasteiger charge is 2.09. The van der Waals surface area contributed by atoms with Crippen LogP contribution >= 0.6 is 15.9 Å². The molecule has 1 atom stereocenters. The van der Waals surface area contributed by atoms with Crippen molar-refractivity contribution in [3.8, 4) is 5.75 Å². The highest BCUT2D eigenvalue weighted by Crippen LogP contribution is 2.26. The molecular formula is C15H14BrFO2. The van der Waals surface area contributed by atoms with Crippen molar-refractivity contribution in [2.24, 2.45) is 0 Å². The fourth-order valence-electron chi connectivity index (χ4n) is 1.75. The van der Waals surface area contributed by atoms with E-state index in [1.165, 1.54) is 12.1 Å². The van der Waals surface area contributed by atoms with Gasteiger partial charge in [0.25, 0.3) is 0 Å². The number of halogens is 2. The Bertz CT molecular complexity index is 570. The second-order valence-electron chi connectivity index (χ2n) is 4.24. The summed E-state index contributed by atoms with van der Waals surface area (Å²) >= 11 is 3.30. The van der Waals surface area contributed by atoms with Gasteiger partial charge in [0.1, 0.15) is 18.2 Å². The van der Waals surface area contributed by atoms with Crippen LogP contribution < -0.4 is 4.74 Å². The van der Waals surface area contributed by atoms with Gasteiger partial charge in [-0.25, -0.2) is 4.39 Å². The fourth-order valence-corrected chi connectivity index (χ4v) is 2.22. The smallest absolute Gasteiger partial charge is 0.125 e. The Balaban J connectivity index is 2.14. The number of ether oxygens (including phenoxy) is 1. The van der Waals surface area contributed by atoms with Crippen LogP contribution in [0.3, 0.4) is 0 Å². The van der Waals surface area contributed by atoms with Gasteiger partial charge in [-0.1, -0.05) is 40.2 Å². The summed E-state index contributed by atoms with van der Waals surface area (Å²) in [6, 6.07) is 11.8. The topological polar surface area (TPSA) is 29.5 Å². The number of aliphatic hydroxyl groups is 1. The zero-order chi connectivity index (χ0) is 13.8. The summed E-state index contributed by atoms with van der Waals surface area (Å²) in [5.41, 5.74) is 1.59. The maximum absolute atomic E-state index is 13.0. The monoisotopic (exact) mass is 324 g/mol. The Morgan fingerprint density at radius 3 is 2.68 bits per heavy atom. The van der Waals surface area contributed by atoms with Gasteiger partial charge in [-0.05, 0) is 25.1 Å². The Hall–Kier alpha value is -1.39. The van der Waals surface area contributed by atoms with Crippen LogP contribution in [-0.2, 0) is 6.61 Å². The van der Waals surface area contributed by atoms with Crippen molar-refractivity contribution in [3.05, 3.63) is 63.9 Å². The molecule has 0 radical (unpaired) electrons. The molecule has 0 amide bonds. The summed E-state index contributed by atoms with van der Waals surface area (Å²) in [6.45, 7) is 2.00. The minimum atomic E-state index is -0.590. The van der Waals surface area contributed by atoms with Crippen LogP contribution in [0.5, 0.6) is 5.75 Å². The van der Waals surface area contributed by atoms with E-state index >= 15 is 0 Å². The van der Waals surface area contributed by atoms with E-state index in [1.807, 2.05) is 18.2 Å². The predicted molar refractivity (Wildman–Crippen MR) is 75.5 cm³/mol. The maximum Gasteiger partial charge on any atom is 0.125 e. The van der Waals surface area contributed by atoms with Crippen LogP contribution in [0, 0.1) is 5.82 Å². The number of benzene rings is 2. The molecule has 19 heavy (non-hydrogen) atoms. The lowest BCUT2D eigenvalue weighted by Gasteiger charge is -2.13. The van der Waals surface area contributed by atoms with Gasteiger partial charge >= 0.3 is 0 Å². The van der Waals surface area contributed by atoms with E-state index < -0.39 is 6.10 Å². The van der Waals surface area contributed by atoms with Crippen LogP contribution in [0.4, 0.5) is 4.39 Å². The van der Waals surface area contributed by atoms with Crippen molar-refractivity contribution in [2.75, 3.05) is 0 Å². The van der Waals surface area contributed by atoms with Gasteiger partial charge < -0.3 is 9.84 Å².